The zero-order valence-corrected chi connectivity index (χ0v) is 19.3. The Labute approximate surface area is 186 Å². The quantitative estimate of drug-likeness (QED) is 0.329. The Kier molecular flexibility index (Phi) is 7.30. The highest BCUT2D eigenvalue weighted by Crippen LogP contribution is 2.25. The molecule has 1 unspecified atom stereocenters. The number of guanidine groups is 1. The van der Waals surface area contributed by atoms with Crippen LogP contribution in [0.3, 0.4) is 0 Å². The molecule has 3 aromatic rings. The molecular formula is C20H26IN5OS. The van der Waals surface area contributed by atoms with Crippen molar-refractivity contribution in [3.63, 3.8) is 0 Å². The first-order valence-corrected chi connectivity index (χ1v) is 10.2. The zero-order chi connectivity index (χ0) is 18.6. The summed E-state index contributed by atoms with van der Waals surface area (Å²) in [4.78, 5) is 12.8. The molecule has 8 heteroatoms. The molecular weight excluding hydrogens is 485 g/mol. The maximum Gasteiger partial charge on any atom is 0.194 e. The molecule has 1 fully saturated rings. The molecule has 0 radical (unpaired) electrons. The van der Waals surface area contributed by atoms with E-state index >= 15 is 0 Å². The number of hydrogen-bond donors (Lipinski definition) is 1. The first kappa shape index (κ1) is 21.1. The van der Waals surface area contributed by atoms with Gasteiger partial charge < -0.3 is 15.0 Å². The van der Waals surface area contributed by atoms with Gasteiger partial charge >= 0.3 is 0 Å². The van der Waals surface area contributed by atoms with E-state index in [1.165, 1.54) is 11.1 Å². The summed E-state index contributed by atoms with van der Waals surface area (Å²) in [6.45, 7) is 7.99. The lowest BCUT2D eigenvalue weighted by Gasteiger charge is -2.35. The van der Waals surface area contributed by atoms with Crippen molar-refractivity contribution in [3.8, 4) is 0 Å². The topological polar surface area (TPSA) is 54.2 Å². The van der Waals surface area contributed by atoms with E-state index in [0.717, 1.165) is 36.2 Å². The maximum absolute atomic E-state index is 6.06. The number of nitrogens with zero attached hydrogens (tertiary/aromatic N) is 4. The van der Waals surface area contributed by atoms with Gasteiger partial charge in [-0.25, -0.2) is 9.98 Å². The van der Waals surface area contributed by atoms with Crippen molar-refractivity contribution in [2.75, 3.05) is 26.2 Å². The van der Waals surface area contributed by atoms with Crippen LogP contribution < -0.4 is 5.32 Å². The number of rotatable bonds is 4. The molecule has 0 aliphatic carbocycles. The van der Waals surface area contributed by atoms with E-state index < -0.39 is 0 Å². The summed E-state index contributed by atoms with van der Waals surface area (Å²) in [6, 6.07) is 8.45. The molecule has 0 spiro atoms. The van der Waals surface area contributed by atoms with Crippen LogP contribution in [0.1, 0.15) is 29.8 Å². The van der Waals surface area contributed by atoms with E-state index in [2.05, 4.69) is 53.3 Å². The second-order valence-electron chi connectivity index (χ2n) is 6.66. The first-order chi connectivity index (χ1) is 13.2. The van der Waals surface area contributed by atoms with Crippen molar-refractivity contribution in [3.05, 3.63) is 58.9 Å². The number of imidazole rings is 1. The fourth-order valence-electron chi connectivity index (χ4n) is 3.41. The monoisotopic (exact) mass is 511 g/mol. The molecule has 6 nitrogen and oxygen atoms in total. The van der Waals surface area contributed by atoms with Gasteiger partial charge in [-0.1, -0.05) is 24.3 Å². The van der Waals surface area contributed by atoms with Crippen LogP contribution >= 0.6 is 35.3 Å². The van der Waals surface area contributed by atoms with Crippen LogP contribution in [-0.4, -0.2) is 46.5 Å². The molecule has 3 heterocycles. The summed E-state index contributed by atoms with van der Waals surface area (Å²) in [6.07, 6.45) is 4.15. The molecule has 0 amide bonds. The van der Waals surface area contributed by atoms with E-state index in [0.29, 0.717) is 13.2 Å². The lowest BCUT2D eigenvalue weighted by molar-refractivity contribution is -0.00834. The van der Waals surface area contributed by atoms with Crippen LogP contribution in [0.5, 0.6) is 0 Å². The van der Waals surface area contributed by atoms with Gasteiger partial charge in [0.1, 0.15) is 6.10 Å². The van der Waals surface area contributed by atoms with Gasteiger partial charge in [-0.3, -0.25) is 4.40 Å². The second kappa shape index (κ2) is 9.71. The Bertz CT molecular complexity index is 909. The average molecular weight is 511 g/mol. The Hall–Kier alpha value is -1.65. The van der Waals surface area contributed by atoms with E-state index in [9.17, 15) is 0 Å². The number of morpholine rings is 1. The van der Waals surface area contributed by atoms with Gasteiger partial charge in [-0.15, -0.1) is 35.3 Å². The second-order valence-corrected chi connectivity index (χ2v) is 7.53. The van der Waals surface area contributed by atoms with Crippen molar-refractivity contribution in [2.45, 2.75) is 26.5 Å². The lowest BCUT2D eigenvalue weighted by atomic mass is 10.0. The van der Waals surface area contributed by atoms with Crippen molar-refractivity contribution in [1.29, 1.82) is 0 Å². The standard InChI is InChI=1S/C20H25N5OS.HI/c1-3-21-19(22-12-16-13-25-9-11-27-20(25)23-16)24-8-10-26-18(14-24)17-7-5-4-6-15(17)2;/h4-7,9,11,13,18H,3,8,10,12,14H2,1-2H3,(H,21,22);1H. The maximum atomic E-state index is 6.06. The summed E-state index contributed by atoms with van der Waals surface area (Å²) >= 11 is 1.64. The van der Waals surface area contributed by atoms with E-state index in [1.807, 2.05) is 22.2 Å². The highest BCUT2D eigenvalue weighted by atomic mass is 127. The van der Waals surface area contributed by atoms with E-state index in [1.54, 1.807) is 11.3 Å². The molecule has 150 valence electrons. The molecule has 2 aromatic heterocycles. The summed E-state index contributed by atoms with van der Waals surface area (Å²) < 4.78 is 8.10. The van der Waals surface area contributed by atoms with Crippen molar-refractivity contribution in [2.24, 2.45) is 4.99 Å². The number of benzene rings is 1. The summed E-state index contributed by atoms with van der Waals surface area (Å²) in [7, 11) is 0. The molecule has 0 saturated carbocycles. The normalized spacial score (nSPS) is 17.6. The van der Waals surface area contributed by atoms with Crippen LogP contribution in [0.25, 0.3) is 4.96 Å². The highest BCUT2D eigenvalue weighted by Gasteiger charge is 2.25. The molecule has 1 atom stereocenters. The number of nitrogens with one attached hydrogen (secondary N) is 1. The third-order valence-electron chi connectivity index (χ3n) is 4.77. The van der Waals surface area contributed by atoms with Gasteiger partial charge in [-0.2, -0.15) is 0 Å². The minimum atomic E-state index is 0. The Morgan fingerprint density at radius 3 is 3.04 bits per heavy atom. The van der Waals surface area contributed by atoms with Gasteiger partial charge in [0.2, 0.25) is 0 Å². The average Bonchev–Trinajstić information content (AvgIpc) is 3.27. The van der Waals surface area contributed by atoms with Crippen molar-refractivity contribution < 1.29 is 4.74 Å². The number of aliphatic imine (C=N–C) groups is 1. The summed E-state index contributed by atoms with van der Waals surface area (Å²) in [5.41, 5.74) is 3.51. The number of aromatic nitrogens is 2. The third kappa shape index (κ3) is 4.66. The number of ether oxygens (including phenoxy) is 1. The zero-order valence-electron chi connectivity index (χ0n) is 16.2. The van der Waals surface area contributed by atoms with E-state index in [-0.39, 0.29) is 30.1 Å². The number of hydrogen-bond acceptors (Lipinski definition) is 4. The highest BCUT2D eigenvalue weighted by molar-refractivity contribution is 14.0. The molecule has 1 aliphatic rings. The van der Waals surface area contributed by atoms with Crippen LogP contribution in [-0.2, 0) is 11.3 Å². The molecule has 1 saturated heterocycles. The predicted molar refractivity (Wildman–Crippen MR) is 125 cm³/mol. The fraction of sp³-hybridized carbons (Fsp3) is 0.400. The van der Waals surface area contributed by atoms with Crippen LogP contribution in [0, 0.1) is 6.92 Å². The largest absolute Gasteiger partial charge is 0.370 e. The Morgan fingerprint density at radius 1 is 1.39 bits per heavy atom. The van der Waals surface area contributed by atoms with Crippen LogP contribution in [0.15, 0.2) is 47.0 Å². The van der Waals surface area contributed by atoms with Crippen LogP contribution in [0.2, 0.25) is 0 Å². The molecule has 4 rings (SSSR count). The fourth-order valence-corrected chi connectivity index (χ4v) is 4.13. The number of thiazole rings is 1. The van der Waals surface area contributed by atoms with Gasteiger partial charge in [0, 0.05) is 30.9 Å². The Morgan fingerprint density at radius 2 is 2.25 bits per heavy atom. The minimum absolute atomic E-state index is 0. The van der Waals surface area contributed by atoms with Crippen molar-refractivity contribution in [1.82, 2.24) is 19.6 Å². The molecule has 1 aliphatic heterocycles. The van der Waals surface area contributed by atoms with Gasteiger partial charge in [-0.05, 0) is 25.0 Å². The molecule has 1 aromatic carbocycles. The van der Waals surface area contributed by atoms with Gasteiger partial charge in [0.15, 0.2) is 10.9 Å². The number of aryl methyl sites for hydroxylation is 1. The molecule has 1 N–H and O–H groups in total. The number of halogens is 1. The minimum Gasteiger partial charge on any atom is -0.370 e. The smallest absolute Gasteiger partial charge is 0.194 e. The van der Waals surface area contributed by atoms with E-state index in [4.69, 9.17) is 9.73 Å². The Balaban J connectivity index is 0.00000225. The summed E-state index contributed by atoms with van der Waals surface area (Å²) in [5, 5.41) is 5.47. The van der Waals surface area contributed by atoms with Crippen molar-refractivity contribution >= 4 is 46.2 Å². The number of fused-ring (bicyclic) bond motifs is 1. The third-order valence-corrected chi connectivity index (χ3v) is 5.54. The predicted octanol–water partition coefficient (Wildman–Crippen LogP) is 3.86. The van der Waals surface area contributed by atoms with Gasteiger partial charge in [0.25, 0.3) is 0 Å². The summed E-state index contributed by atoms with van der Waals surface area (Å²) in [5.74, 6) is 0.927. The molecule has 0 bridgehead atoms. The molecule has 28 heavy (non-hydrogen) atoms. The van der Waals surface area contributed by atoms with Gasteiger partial charge in [0.05, 0.1) is 25.4 Å². The lowest BCUT2D eigenvalue weighted by Crippen LogP contribution is -2.48. The van der Waals surface area contributed by atoms with Crippen LogP contribution in [0.4, 0.5) is 0 Å². The SMILES string of the molecule is CCNC(=NCc1cn2ccsc2n1)N1CCOC(c2ccccc2C)C1.I. The first-order valence-electron chi connectivity index (χ1n) is 9.36.